The molecule has 0 amide bonds. The topological polar surface area (TPSA) is 75.6 Å². The van der Waals surface area contributed by atoms with Crippen LogP contribution in [0.4, 0.5) is 0 Å². The lowest BCUT2D eigenvalue weighted by Crippen LogP contribution is -2.12. The third kappa shape index (κ3) is 2.76. The van der Waals surface area contributed by atoms with Crippen LogP contribution >= 0.6 is 0 Å². The molecule has 2 aromatic heterocycles. The number of nitrogens with one attached hydrogen (secondary N) is 1. The molecular formula is C12H13NO4. The van der Waals surface area contributed by atoms with Crippen molar-refractivity contribution in [3.8, 4) is 0 Å². The molecule has 2 heterocycles. The maximum absolute atomic E-state index is 10.7. The Bertz CT molecular complexity index is 499. The minimum absolute atomic E-state index is 0.0254. The lowest BCUT2D eigenvalue weighted by molar-refractivity contribution is 0.0661. The molecule has 5 heteroatoms. The second-order valence-electron chi connectivity index (χ2n) is 3.73. The Kier molecular flexibility index (Phi) is 3.30. The van der Waals surface area contributed by atoms with Crippen molar-refractivity contribution in [1.82, 2.24) is 5.32 Å². The Morgan fingerprint density at radius 2 is 2.29 bits per heavy atom. The normalized spacial score (nSPS) is 10.6. The predicted molar refractivity (Wildman–Crippen MR) is 59.7 cm³/mol. The lowest BCUT2D eigenvalue weighted by Gasteiger charge is -2.00. The fourth-order valence-corrected chi connectivity index (χ4v) is 1.54. The summed E-state index contributed by atoms with van der Waals surface area (Å²) < 4.78 is 10.0. The Morgan fingerprint density at radius 3 is 2.88 bits per heavy atom. The summed E-state index contributed by atoms with van der Waals surface area (Å²) in [6.45, 7) is 2.98. The van der Waals surface area contributed by atoms with E-state index in [-0.39, 0.29) is 5.76 Å². The average Bonchev–Trinajstić information content (AvgIpc) is 2.89. The van der Waals surface area contributed by atoms with Gasteiger partial charge in [-0.25, -0.2) is 4.79 Å². The third-order valence-electron chi connectivity index (χ3n) is 2.46. The van der Waals surface area contributed by atoms with Gasteiger partial charge < -0.3 is 19.3 Å². The molecule has 0 aliphatic rings. The highest BCUT2D eigenvalue weighted by Crippen LogP contribution is 2.14. The molecule has 5 nitrogen and oxygen atoms in total. The molecule has 0 aliphatic carbocycles. The minimum atomic E-state index is -1.05. The van der Waals surface area contributed by atoms with Crippen molar-refractivity contribution in [2.75, 3.05) is 0 Å². The van der Waals surface area contributed by atoms with Crippen molar-refractivity contribution in [3.63, 3.8) is 0 Å². The second-order valence-corrected chi connectivity index (χ2v) is 3.73. The summed E-state index contributed by atoms with van der Waals surface area (Å²) in [6, 6.07) is 3.41. The van der Waals surface area contributed by atoms with Crippen LogP contribution in [0.15, 0.2) is 33.5 Å². The summed E-state index contributed by atoms with van der Waals surface area (Å²) in [6.07, 6.45) is 3.28. The number of carboxylic acid groups (broad SMARTS) is 1. The number of aromatic carboxylic acids is 1. The van der Waals surface area contributed by atoms with Crippen LogP contribution in [0.2, 0.25) is 0 Å². The van der Waals surface area contributed by atoms with E-state index in [1.165, 1.54) is 0 Å². The van der Waals surface area contributed by atoms with Crippen LogP contribution in [-0.2, 0) is 13.1 Å². The molecule has 0 aliphatic heterocycles. The molecule has 2 rings (SSSR count). The van der Waals surface area contributed by atoms with Crippen molar-refractivity contribution < 1.29 is 18.7 Å². The van der Waals surface area contributed by atoms with Crippen molar-refractivity contribution >= 4 is 5.97 Å². The summed E-state index contributed by atoms with van der Waals surface area (Å²) in [7, 11) is 0. The highest BCUT2D eigenvalue weighted by Gasteiger charge is 2.12. The number of aryl methyl sites for hydroxylation is 1. The van der Waals surface area contributed by atoms with E-state index < -0.39 is 5.97 Å². The number of furan rings is 2. The van der Waals surface area contributed by atoms with E-state index in [1.54, 1.807) is 25.5 Å². The van der Waals surface area contributed by atoms with Crippen molar-refractivity contribution in [3.05, 3.63) is 47.3 Å². The van der Waals surface area contributed by atoms with E-state index in [4.69, 9.17) is 13.9 Å². The molecule has 90 valence electrons. The standard InChI is InChI=1S/C12H13NO4/c1-8-10(4-11(17-8)12(14)15)6-13-5-9-2-3-16-7-9/h2-4,7,13H,5-6H2,1H3,(H,14,15). The highest BCUT2D eigenvalue weighted by atomic mass is 16.4. The molecule has 0 saturated heterocycles. The van der Waals surface area contributed by atoms with Crippen LogP contribution in [0.1, 0.15) is 27.4 Å². The fraction of sp³-hybridized carbons (Fsp3) is 0.250. The molecule has 0 radical (unpaired) electrons. The van der Waals surface area contributed by atoms with Crippen LogP contribution in [0.5, 0.6) is 0 Å². The van der Waals surface area contributed by atoms with Gasteiger partial charge in [-0.2, -0.15) is 0 Å². The summed E-state index contributed by atoms with van der Waals surface area (Å²) in [5.74, 6) is -0.445. The van der Waals surface area contributed by atoms with Gasteiger partial charge in [-0.3, -0.25) is 0 Å². The molecule has 0 unspecified atom stereocenters. The SMILES string of the molecule is Cc1oc(C(=O)O)cc1CNCc1ccoc1. The van der Waals surface area contributed by atoms with Crippen LogP contribution in [-0.4, -0.2) is 11.1 Å². The van der Waals surface area contributed by atoms with E-state index in [2.05, 4.69) is 5.32 Å². The monoisotopic (exact) mass is 235 g/mol. The summed E-state index contributed by atoms with van der Waals surface area (Å²) in [5.41, 5.74) is 1.90. The first-order valence-corrected chi connectivity index (χ1v) is 5.21. The number of carbonyl (C=O) groups is 1. The van der Waals surface area contributed by atoms with E-state index >= 15 is 0 Å². The molecule has 0 saturated carbocycles. The molecular weight excluding hydrogens is 222 g/mol. The molecule has 17 heavy (non-hydrogen) atoms. The molecule has 0 bridgehead atoms. The van der Waals surface area contributed by atoms with Gasteiger partial charge in [-0.1, -0.05) is 0 Å². The molecule has 0 spiro atoms. The predicted octanol–water partition coefficient (Wildman–Crippen LogP) is 2.17. The van der Waals surface area contributed by atoms with Gasteiger partial charge in [0.05, 0.1) is 12.5 Å². The van der Waals surface area contributed by atoms with Crippen molar-refractivity contribution in [2.24, 2.45) is 0 Å². The van der Waals surface area contributed by atoms with E-state index in [0.29, 0.717) is 18.8 Å². The zero-order valence-corrected chi connectivity index (χ0v) is 9.40. The maximum Gasteiger partial charge on any atom is 0.371 e. The number of hydrogen-bond donors (Lipinski definition) is 2. The van der Waals surface area contributed by atoms with Gasteiger partial charge >= 0.3 is 5.97 Å². The first kappa shape index (κ1) is 11.5. The number of rotatable bonds is 5. The van der Waals surface area contributed by atoms with E-state index in [1.807, 2.05) is 6.07 Å². The Balaban J connectivity index is 1.92. The number of carboxylic acids is 1. The van der Waals surface area contributed by atoms with E-state index in [0.717, 1.165) is 11.1 Å². The molecule has 0 aromatic carbocycles. The molecule has 0 fully saturated rings. The first-order valence-electron chi connectivity index (χ1n) is 5.21. The van der Waals surface area contributed by atoms with Crippen LogP contribution in [0.3, 0.4) is 0 Å². The smallest absolute Gasteiger partial charge is 0.371 e. The lowest BCUT2D eigenvalue weighted by atomic mass is 10.2. The summed E-state index contributed by atoms with van der Waals surface area (Å²) in [5, 5.41) is 12.0. The van der Waals surface area contributed by atoms with Gasteiger partial charge in [-0.15, -0.1) is 0 Å². The molecule has 2 aromatic rings. The molecule has 0 atom stereocenters. The van der Waals surface area contributed by atoms with Crippen molar-refractivity contribution in [1.29, 1.82) is 0 Å². The molecule has 2 N–H and O–H groups in total. The highest BCUT2D eigenvalue weighted by molar-refractivity contribution is 5.84. The minimum Gasteiger partial charge on any atom is -0.475 e. The van der Waals surface area contributed by atoms with Gasteiger partial charge in [-0.05, 0) is 19.1 Å². The summed E-state index contributed by atoms with van der Waals surface area (Å²) in [4.78, 5) is 10.7. The van der Waals surface area contributed by atoms with Gasteiger partial charge in [0.2, 0.25) is 5.76 Å². The van der Waals surface area contributed by atoms with Gasteiger partial charge in [0.1, 0.15) is 5.76 Å². The Morgan fingerprint density at radius 1 is 1.47 bits per heavy atom. The van der Waals surface area contributed by atoms with Crippen molar-refractivity contribution in [2.45, 2.75) is 20.0 Å². The zero-order valence-electron chi connectivity index (χ0n) is 9.40. The maximum atomic E-state index is 10.7. The summed E-state index contributed by atoms with van der Waals surface area (Å²) >= 11 is 0. The van der Waals surface area contributed by atoms with E-state index in [9.17, 15) is 4.79 Å². The average molecular weight is 235 g/mol. The zero-order chi connectivity index (χ0) is 12.3. The van der Waals surface area contributed by atoms with Gasteiger partial charge in [0.25, 0.3) is 0 Å². The van der Waals surface area contributed by atoms with Gasteiger partial charge in [0.15, 0.2) is 0 Å². The second kappa shape index (κ2) is 4.88. The van der Waals surface area contributed by atoms with Crippen LogP contribution in [0.25, 0.3) is 0 Å². The number of hydrogen-bond acceptors (Lipinski definition) is 4. The largest absolute Gasteiger partial charge is 0.475 e. The Labute approximate surface area is 98.0 Å². The third-order valence-corrected chi connectivity index (χ3v) is 2.46. The quantitative estimate of drug-likeness (QED) is 0.830. The van der Waals surface area contributed by atoms with Crippen LogP contribution in [0, 0.1) is 6.92 Å². The first-order chi connectivity index (χ1) is 8.16. The van der Waals surface area contributed by atoms with Gasteiger partial charge in [0, 0.05) is 24.2 Å². The Hall–Kier alpha value is -2.01. The van der Waals surface area contributed by atoms with Crippen LogP contribution < -0.4 is 5.32 Å². The fourth-order valence-electron chi connectivity index (χ4n) is 1.54.